The van der Waals surface area contributed by atoms with Crippen LogP contribution in [0, 0.1) is 6.92 Å². The van der Waals surface area contributed by atoms with Crippen molar-refractivity contribution < 1.29 is 9.53 Å². The molecule has 3 nitrogen and oxygen atoms in total. The second kappa shape index (κ2) is 6.22. The summed E-state index contributed by atoms with van der Waals surface area (Å²) in [5.74, 6) is 0.795. The van der Waals surface area contributed by atoms with Gasteiger partial charge in [-0.2, -0.15) is 0 Å². The van der Waals surface area contributed by atoms with Crippen molar-refractivity contribution in [3.8, 4) is 5.75 Å². The number of hydrogen-bond donors (Lipinski definition) is 0. The Bertz CT molecular complexity index is 681. The van der Waals surface area contributed by atoms with Gasteiger partial charge in [-0.15, -0.1) is 0 Å². The highest BCUT2D eigenvalue weighted by molar-refractivity contribution is 5.97. The summed E-state index contributed by atoms with van der Waals surface area (Å²) in [6.07, 6.45) is 1.54. The van der Waals surface area contributed by atoms with Gasteiger partial charge < -0.3 is 9.64 Å². The van der Waals surface area contributed by atoms with Crippen LogP contribution in [-0.2, 0) is 11.2 Å². The van der Waals surface area contributed by atoms with E-state index in [1.165, 1.54) is 5.56 Å². The maximum absolute atomic E-state index is 12.8. The Morgan fingerprint density at radius 3 is 2.68 bits per heavy atom. The third kappa shape index (κ3) is 2.84. The number of carbonyl (C=O) groups excluding carboxylic acids is 1. The number of ether oxygens (including phenoxy) is 1. The first-order valence-electron chi connectivity index (χ1n) is 7.78. The average molecular weight is 295 g/mol. The zero-order chi connectivity index (χ0) is 15.5. The second-order valence-corrected chi connectivity index (χ2v) is 5.75. The standard InChI is InChI=1S/C19H21NO2/c1-14-8-3-6-12-18(14)22-15(2)19(21)20-13-7-10-16-9-4-5-11-17(16)20/h3-6,8-9,11-12,15H,7,10,13H2,1-2H3. The van der Waals surface area contributed by atoms with Crippen LogP contribution in [0.2, 0.25) is 0 Å². The Labute approximate surface area is 131 Å². The fraction of sp³-hybridized carbons (Fsp3) is 0.316. The lowest BCUT2D eigenvalue weighted by atomic mass is 10.0. The van der Waals surface area contributed by atoms with Crippen molar-refractivity contribution >= 4 is 11.6 Å². The number of benzene rings is 2. The SMILES string of the molecule is Cc1ccccc1OC(C)C(=O)N1CCCc2ccccc21. The molecular weight excluding hydrogens is 274 g/mol. The zero-order valence-corrected chi connectivity index (χ0v) is 13.1. The first kappa shape index (κ1) is 14.6. The average Bonchev–Trinajstić information content (AvgIpc) is 2.55. The summed E-state index contributed by atoms with van der Waals surface area (Å²) in [5, 5.41) is 0. The predicted molar refractivity (Wildman–Crippen MR) is 88.4 cm³/mol. The lowest BCUT2D eigenvalue weighted by molar-refractivity contribution is -0.124. The van der Waals surface area contributed by atoms with E-state index in [4.69, 9.17) is 4.74 Å². The van der Waals surface area contributed by atoms with E-state index in [0.29, 0.717) is 0 Å². The smallest absolute Gasteiger partial charge is 0.267 e. The van der Waals surface area contributed by atoms with Gasteiger partial charge in [-0.05, 0) is 49.9 Å². The van der Waals surface area contributed by atoms with Crippen LogP contribution in [0.15, 0.2) is 48.5 Å². The number of carbonyl (C=O) groups is 1. The summed E-state index contributed by atoms with van der Waals surface area (Å²) in [4.78, 5) is 14.6. The normalized spacial score (nSPS) is 15.1. The molecular formula is C19H21NO2. The minimum atomic E-state index is -0.493. The van der Waals surface area contributed by atoms with Crippen molar-refractivity contribution in [2.75, 3.05) is 11.4 Å². The van der Waals surface area contributed by atoms with Gasteiger partial charge in [0, 0.05) is 12.2 Å². The molecule has 2 aromatic rings. The quantitative estimate of drug-likeness (QED) is 0.863. The van der Waals surface area contributed by atoms with E-state index in [9.17, 15) is 4.79 Å². The van der Waals surface area contributed by atoms with Gasteiger partial charge >= 0.3 is 0 Å². The molecule has 0 spiro atoms. The van der Waals surface area contributed by atoms with Gasteiger partial charge in [0.15, 0.2) is 6.10 Å². The molecule has 0 fully saturated rings. The number of aryl methyl sites for hydroxylation is 2. The first-order chi connectivity index (χ1) is 10.7. The summed E-state index contributed by atoms with van der Waals surface area (Å²) in [7, 11) is 0. The lowest BCUT2D eigenvalue weighted by Crippen LogP contribution is -2.43. The minimum absolute atomic E-state index is 0.0235. The Hall–Kier alpha value is -2.29. The molecule has 0 radical (unpaired) electrons. The molecule has 1 amide bonds. The third-order valence-electron chi connectivity index (χ3n) is 4.12. The number of rotatable bonds is 3. The molecule has 1 aliphatic rings. The van der Waals surface area contributed by atoms with Gasteiger partial charge in [-0.3, -0.25) is 4.79 Å². The van der Waals surface area contributed by atoms with E-state index in [-0.39, 0.29) is 5.91 Å². The van der Waals surface area contributed by atoms with Crippen LogP contribution >= 0.6 is 0 Å². The first-order valence-corrected chi connectivity index (χ1v) is 7.78. The molecule has 0 bridgehead atoms. The summed E-state index contributed by atoms with van der Waals surface area (Å²) >= 11 is 0. The number of fused-ring (bicyclic) bond motifs is 1. The zero-order valence-electron chi connectivity index (χ0n) is 13.1. The fourth-order valence-corrected chi connectivity index (χ4v) is 2.91. The molecule has 1 unspecified atom stereocenters. The highest BCUT2D eigenvalue weighted by Crippen LogP contribution is 2.28. The van der Waals surface area contributed by atoms with Crippen molar-refractivity contribution in [1.82, 2.24) is 0 Å². The summed E-state index contributed by atoms with van der Waals surface area (Å²) in [5.41, 5.74) is 3.31. The lowest BCUT2D eigenvalue weighted by Gasteiger charge is -2.31. The Kier molecular flexibility index (Phi) is 4.14. The highest BCUT2D eigenvalue weighted by atomic mass is 16.5. The molecule has 22 heavy (non-hydrogen) atoms. The van der Waals surface area contributed by atoms with Crippen molar-refractivity contribution in [1.29, 1.82) is 0 Å². The van der Waals surface area contributed by atoms with Gasteiger partial charge in [-0.25, -0.2) is 0 Å². The van der Waals surface area contributed by atoms with Crippen molar-refractivity contribution in [2.45, 2.75) is 32.8 Å². The second-order valence-electron chi connectivity index (χ2n) is 5.75. The molecule has 114 valence electrons. The maximum atomic E-state index is 12.8. The van der Waals surface area contributed by atoms with E-state index in [1.54, 1.807) is 0 Å². The number of nitrogens with zero attached hydrogens (tertiary/aromatic N) is 1. The number of amides is 1. The summed E-state index contributed by atoms with van der Waals surface area (Å²) in [6, 6.07) is 15.9. The molecule has 3 heteroatoms. The maximum Gasteiger partial charge on any atom is 0.267 e. The van der Waals surface area contributed by atoms with Crippen LogP contribution < -0.4 is 9.64 Å². The van der Waals surface area contributed by atoms with Gasteiger partial charge in [0.2, 0.25) is 0 Å². The summed E-state index contributed by atoms with van der Waals surface area (Å²) in [6.45, 7) is 4.58. The molecule has 0 aromatic heterocycles. The largest absolute Gasteiger partial charge is 0.481 e. The van der Waals surface area contributed by atoms with E-state index in [1.807, 2.05) is 61.2 Å². The molecule has 1 heterocycles. The van der Waals surface area contributed by atoms with Crippen LogP contribution in [0.3, 0.4) is 0 Å². The molecule has 0 saturated heterocycles. The van der Waals surface area contributed by atoms with Crippen molar-refractivity contribution in [3.63, 3.8) is 0 Å². The third-order valence-corrected chi connectivity index (χ3v) is 4.12. The number of hydrogen-bond acceptors (Lipinski definition) is 2. The van der Waals surface area contributed by atoms with Gasteiger partial charge in [-0.1, -0.05) is 36.4 Å². The summed E-state index contributed by atoms with van der Waals surface area (Å²) < 4.78 is 5.88. The molecule has 0 N–H and O–H groups in total. The van der Waals surface area contributed by atoms with E-state index in [0.717, 1.165) is 36.4 Å². The van der Waals surface area contributed by atoms with Crippen LogP contribution in [0.4, 0.5) is 5.69 Å². The predicted octanol–water partition coefficient (Wildman–Crippen LogP) is 3.74. The Morgan fingerprint density at radius 1 is 1.14 bits per heavy atom. The number of anilines is 1. The monoisotopic (exact) mass is 295 g/mol. The van der Waals surface area contributed by atoms with Crippen molar-refractivity contribution in [3.05, 3.63) is 59.7 Å². The van der Waals surface area contributed by atoms with Crippen molar-refractivity contribution in [2.24, 2.45) is 0 Å². The Morgan fingerprint density at radius 2 is 1.86 bits per heavy atom. The topological polar surface area (TPSA) is 29.5 Å². The fourth-order valence-electron chi connectivity index (χ4n) is 2.91. The molecule has 3 rings (SSSR count). The molecule has 1 aliphatic heterocycles. The molecule has 2 aromatic carbocycles. The van der Waals surface area contributed by atoms with Crippen LogP contribution in [0.25, 0.3) is 0 Å². The Balaban J connectivity index is 1.78. The van der Waals surface area contributed by atoms with Crippen LogP contribution in [0.5, 0.6) is 5.75 Å². The molecule has 1 atom stereocenters. The van der Waals surface area contributed by atoms with Gasteiger partial charge in [0.05, 0.1) is 0 Å². The highest BCUT2D eigenvalue weighted by Gasteiger charge is 2.27. The van der Waals surface area contributed by atoms with Crippen LogP contribution in [-0.4, -0.2) is 18.6 Å². The van der Waals surface area contributed by atoms with E-state index in [2.05, 4.69) is 6.07 Å². The molecule has 0 saturated carbocycles. The molecule has 0 aliphatic carbocycles. The number of para-hydroxylation sites is 2. The van der Waals surface area contributed by atoms with Crippen LogP contribution in [0.1, 0.15) is 24.5 Å². The van der Waals surface area contributed by atoms with Gasteiger partial charge in [0.25, 0.3) is 5.91 Å². The van der Waals surface area contributed by atoms with E-state index < -0.39 is 6.10 Å². The minimum Gasteiger partial charge on any atom is -0.481 e. The van der Waals surface area contributed by atoms with E-state index >= 15 is 0 Å². The van der Waals surface area contributed by atoms with Gasteiger partial charge in [0.1, 0.15) is 5.75 Å².